The van der Waals surface area contributed by atoms with Gasteiger partial charge in [0.1, 0.15) is 18.3 Å². The molecule has 7 atom stereocenters. The van der Waals surface area contributed by atoms with Crippen LogP contribution in [0.2, 0.25) is 0 Å². The molecule has 4 aliphatic rings. The van der Waals surface area contributed by atoms with E-state index in [9.17, 15) is 25.2 Å². The summed E-state index contributed by atoms with van der Waals surface area (Å²) in [6.45, 7) is 8.63. The first-order valence-electron chi connectivity index (χ1n) is 11.7. The maximum absolute atomic E-state index is 11.8. The van der Waals surface area contributed by atoms with Gasteiger partial charge in [-0.3, -0.25) is 0 Å². The Bertz CT molecular complexity index is 878. The Morgan fingerprint density at radius 1 is 1.15 bits per heavy atom. The summed E-state index contributed by atoms with van der Waals surface area (Å²) in [5, 5.41) is 42.2. The van der Waals surface area contributed by atoms with E-state index < -0.39 is 42.1 Å². The van der Waals surface area contributed by atoms with E-state index in [4.69, 9.17) is 9.47 Å². The van der Waals surface area contributed by atoms with Crippen LogP contribution in [-0.4, -0.2) is 58.6 Å². The molecule has 3 N–H and O–H groups in total. The van der Waals surface area contributed by atoms with E-state index in [1.807, 2.05) is 6.08 Å². The van der Waals surface area contributed by atoms with Crippen LogP contribution in [0.5, 0.6) is 0 Å². The molecule has 33 heavy (non-hydrogen) atoms. The first kappa shape index (κ1) is 27.1. The molecule has 0 bridgehead atoms. The van der Waals surface area contributed by atoms with E-state index in [1.165, 1.54) is 11.1 Å². The normalized spacial score (nSPS) is 40.9. The van der Waals surface area contributed by atoms with Crippen LogP contribution in [0.1, 0.15) is 59.8 Å². The summed E-state index contributed by atoms with van der Waals surface area (Å²) in [5.41, 5.74) is 3.52. The van der Waals surface area contributed by atoms with Crippen LogP contribution in [0.15, 0.2) is 34.4 Å². The number of allylic oxidation sites excluding steroid dienone is 4. The maximum atomic E-state index is 11.8. The van der Waals surface area contributed by atoms with Crippen LogP contribution >= 0.6 is 0 Å². The minimum absolute atomic E-state index is 0. The molecule has 1 saturated heterocycles. The topological polar surface area (TPSA) is 119 Å². The summed E-state index contributed by atoms with van der Waals surface area (Å²) >= 11 is 0. The van der Waals surface area contributed by atoms with Crippen molar-refractivity contribution >= 4 is 5.97 Å². The molecule has 178 valence electrons. The van der Waals surface area contributed by atoms with E-state index >= 15 is 0 Å². The van der Waals surface area contributed by atoms with Gasteiger partial charge >= 0.3 is 29.6 Å². The maximum Gasteiger partial charge on any atom is 1.00 e. The Hall–Kier alpha value is -0.510. The van der Waals surface area contributed by atoms with Crippen LogP contribution in [-0.2, 0) is 14.3 Å². The molecule has 2 fully saturated rings. The summed E-state index contributed by atoms with van der Waals surface area (Å²) in [4.78, 5) is 11.8. The van der Waals surface area contributed by atoms with Crippen LogP contribution < -0.4 is 34.7 Å². The molecule has 7 nitrogen and oxygen atoms in total. The van der Waals surface area contributed by atoms with Crippen LogP contribution in [0.4, 0.5) is 0 Å². The van der Waals surface area contributed by atoms with Crippen molar-refractivity contribution in [3.8, 4) is 0 Å². The van der Waals surface area contributed by atoms with E-state index in [0.717, 1.165) is 31.3 Å². The zero-order chi connectivity index (χ0) is 23.4. The van der Waals surface area contributed by atoms with E-state index in [1.54, 1.807) is 6.08 Å². The second-order valence-electron chi connectivity index (χ2n) is 10.7. The third-order valence-corrected chi connectivity index (χ3v) is 8.23. The van der Waals surface area contributed by atoms with Crippen LogP contribution in [0.25, 0.3) is 0 Å². The average molecular weight is 471 g/mol. The quantitative estimate of drug-likeness (QED) is 0.422. The number of hydrogen-bond acceptors (Lipinski definition) is 7. The van der Waals surface area contributed by atoms with Gasteiger partial charge in [0.05, 0.1) is 18.7 Å². The van der Waals surface area contributed by atoms with Gasteiger partial charge in [-0.1, -0.05) is 45.4 Å². The van der Waals surface area contributed by atoms with Crippen molar-refractivity contribution in [1.82, 2.24) is 0 Å². The molecule has 0 unspecified atom stereocenters. The number of aliphatic hydroxyl groups excluding tert-OH is 3. The standard InChI is InChI=1S/C25H36O7.Na/c1-13(2)15-7-8-24(3)9-10-25(4)16(19(15)24)6-5-14(22(29)30)11-18(25)32-23-21(28)20(27)17(26)12-31-23;/h5-6,13,17-18,20-21,23,26-28H,7-12H2,1-4H3,(H,29,30);/q;+1/p-1/t17-,18+,20+,21-,23+,24-,25-;/m1./s1. The van der Waals surface area contributed by atoms with Crippen molar-refractivity contribution in [2.75, 3.05) is 6.61 Å². The summed E-state index contributed by atoms with van der Waals surface area (Å²) < 4.78 is 11.7. The van der Waals surface area contributed by atoms with Crippen molar-refractivity contribution in [3.05, 3.63) is 34.4 Å². The Kier molecular flexibility index (Phi) is 8.09. The van der Waals surface area contributed by atoms with Crippen molar-refractivity contribution in [1.29, 1.82) is 0 Å². The SMILES string of the molecule is CC(C)C1=C2C3=CC=C(C(=O)[O-])C[C@H](O[C@@H]4OC[C@@H](O)[C@H](O)[C@H]4O)[C@]3(C)CC[C@@]2(C)CC1.[Na+]. The first-order valence-corrected chi connectivity index (χ1v) is 11.7. The van der Waals surface area contributed by atoms with Gasteiger partial charge in [0, 0.05) is 11.8 Å². The van der Waals surface area contributed by atoms with Gasteiger partial charge in [0.2, 0.25) is 0 Å². The molecule has 0 aromatic carbocycles. The van der Waals surface area contributed by atoms with Gasteiger partial charge in [-0.15, -0.1) is 0 Å². The minimum Gasteiger partial charge on any atom is -0.545 e. The molecule has 0 aromatic heterocycles. The number of rotatable bonds is 4. The monoisotopic (exact) mass is 470 g/mol. The van der Waals surface area contributed by atoms with E-state index in [2.05, 4.69) is 27.7 Å². The number of aliphatic hydroxyl groups is 3. The Morgan fingerprint density at radius 3 is 2.48 bits per heavy atom. The van der Waals surface area contributed by atoms with E-state index in [-0.39, 0.29) is 53.6 Å². The third-order valence-electron chi connectivity index (χ3n) is 8.23. The van der Waals surface area contributed by atoms with Gasteiger partial charge in [-0.2, -0.15) is 0 Å². The number of hydrogen-bond donors (Lipinski definition) is 3. The summed E-state index contributed by atoms with van der Waals surface area (Å²) in [6, 6.07) is 0. The summed E-state index contributed by atoms with van der Waals surface area (Å²) in [7, 11) is 0. The second-order valence-corrected chi connectivity index (χ2v) is 10.7. The largest absolute Gasteiger partial charge is 1.00 e. The Labute approximate surface area is 217 Å². The molecule has 4 rings (SSSR count). The first-order chi connectivity index (χ1) is 15.0. The van der Waals surface area contributed by atoms with Crippen molar-refractivity contribution in [2.45, 2.75) is 90.5 Å². The Balaban J connectivity index is 0.00000306. The third kappa shape index (κ3) is 4.68. The molecule has 0 spiro atoms. The molecular formula is C25H35NaO7. The number of carboxylic acid groups (broad SMARTS) is 1. The number of carboxylic acids is 1. The molecule has 1 heterocycles. The van der Waals surface area contributed by atoms with Crippen LogP contribution in [0.3, 0.4) is 0 Å². The fraction of sp³-hybridized carbons (Fsp3) is 0.720. The van der Waals surface area contributed by atoms with Gasteiger partial charge < -0.3 is 34.7 Å². The Morgan fingerprint density at radius 2 is 1.85 bits per heavy atom. The number of aliphatic carboxylic acids is 1. The fourth-order valence-corrected chi connectivity index (χ4v) is 6.03. The molecule has 1 saturated carbocycles. The van der Waals surface area contributed by atoms with E-state index in [0.29, 0.717) is 5.92 Å². The van der Waals surface area contributed by atoms with Gasteiger partial charge in [0.25, 0.3) is 0 Å². The minimum atomic E-state index is -1.43. The summed E-state index contributed by atoms with van der Waals surface area (Å²) in [6.07, 6.45) is 1.78. The van der Waals surface area contributed by atoms with Crippen LogP contribution in [0, 0.1) is 16.7 Å². The zero-order valence-corrected chi connectivity index (χ0v) is 22.3. The molecular weight excluding hydrogens is 435 g/mol. The molecule has 1 aliphatic heterocycles. The van der Waals surface area contributed by atoms with Crippen molar-refractivity contribution in [2.24, 2.45) is 16.7 Å². The molecule has 3 aliphatic carbocycles. The number of ether oxygens (including phenoxy) is 2. The predicted octanol–water partition coefficient (Wildman–Crippen LogP) is -1.63. The van der Waals surface area contributed by atoms with Gasteiger partial charge in [-0.25, -0.2) is 0 Å². The molecule has 0 aromatic rings. The number of carbonyl (C=O) groups is 1. The smallest absolute Gasteiger partial charge is 0.545 e. The number of fused-ring (bicyclic) bond motifs is 3. The fourth-order valence-electron chi connectivity index (χ4n) is 6.03. The zero-order valence-electron chi connectivity index (χ0n) is 20.3. The van der Waals surface area contributed by atoms with Gasteiger partial charge in [0.15, 0.2) is 6.29 Å². The van der Waals surface area contributed by atoms with Crippen molar-refractivity contribution in [3.63, 3.8) is 0 Å². The average Bonchev–Trinajstić information content (AvgIpc) is 3.01. The van der Waals surface area contributed by atoms with Crippen molar-refractivity contribution < 1.29 is 64.3 Å². The molecule has 0 radical (unpaired) electrons. The predicted molar refractivity (Wildman–Crippen MR) is 115 cm³/mol. The number of carbonyl (C=O) groups excluding carboxylic acids is 1. The summed E-state index contributed by atoms with van der Waals surface area (Å²) in [5.74, 6) is -0.854. The van der Waals surface area contributed by atoms with Gasteiger partial charge in [-0.05, 0) is 53.7 Å². The second kappa shape index (κ2) is 9.86. The molecule has 0 amide bonds. The molecule has 8 heteroatoms.